The molecular weight excluding hydrogens is 296 g/mol. The van der Waals surface area contributed by atoms with Crippen LogP contribution >= 0.6 is 0 Å². The molecule has 6 heteroatoms. The molecule has 118 valence electrons. The fourth-order valence-corrected chi connectivity index (χ4v) is 2.64. The van der Waals surface area contributed by atoms with Gasteiger partial charge in [-0.25, -0.2) is 14.6 Å². The van der Waals surface area contributed by atoms with Gasteiger partial charge in [0.05, 0.1) is 0 Å². The highest BCUT2D eigenvalue weighted by Crippen LogP contribution is 2.22. The Labute approximate surface area is 133 Å². The zero-order chi connectivity index (χ0) is 16.2. The maximum atomic E-state index is 12.2. The van der Waals surface area contributed by atoms with E-state index in [9.17, 15) is 9.59 Å². The molecule has 0 atom stereocenters. The Morgan fingerprint density at radius 3 is 2.74 bits per heavy atom. The molecule has 0 bridgehead atoms. The average molecular weight is 312 g/mol. The third-order valence-corrected chi connectivity index (χ3v) is 3.81. The van der Waals surface area contributed by atoms with Gasteiger partial charge in [0, 0.05) is 19.3 Å². The maximum Gasteiger partial charge on any atom is 0.410 e. The first-order valence-electron chi connectivity index (χ1n) is 7.31. The average Bonchev–Trinajstić information content (AvgIpc) is 2.59. The molecule has 0 radical (unpaired) electrons. The third-order valence-electron chi connectivity index (χ3n) is 3.81. The quantitative estimate of drug-likeness (QED) is 0.942. The Hall–Kier alpha value is -2.89. The van der Waals surface area contributed by atoms with E-state index in [2.05, 4.69) is 4.98 Å². The van der Waals surface area contributed by atoms with Crippen LogP contribution in [0.2, 0.25) is 0 Å². The van der Waals surface area contributed by atoms with Crippen LogP contribution in [0.3, 0.4) is 0 Å². The van der Waals surface area contributed by atoms with Crippen LogP contribution in [-0.2, 0) is 24.3 Å². The molecule has 6 nitrogen and oxygen atoms in total. The van der Waals surface area contributed by atoms with Gasteiger partial charge in [0.1, 0.15) is 6.61 Å². The van der Waals surface area contributed by atoms with E-state index < -0.39 is 12.1 Å². The molecule has 1 amide bonds. The SMILES string of the molecule is O=C(O)c1nccc2c1CCN(C(=O)OCc1ccccc1)C2. The topological polar surface area (TPSA) is 79.7 Å². The predicted octanol–water partition coefficient (Wildman–Crippen LogP) is 2.47. The number of aromatic nitrogens is 1. The minimum absolute atomic E-state index is 0.0693. The highest BCUT2D eigenvalue weighted by Gasteiger charge is 2.25. The second-order valence-corrected chi connectivity index (χ2v) is 5.31. The molecule has 0 fully saturated rings. The summed E-state index contributed by atoms with van der Waals surface area (Å²) in [7, 11) is 0. The monoisotopic (exact) mass is 312 g/mol. The number of benzene rings is 1. The normalized spacial score (nSPS) is 13.3. The molecule has 2 heterocycles. The molecule has 2 aromatic rings. The minimum Gasteiger partial charge on any atom is -0.477 e. The van der Waals surface area contributed by atoms with Gasteiger partial charge in [0.2, 0.25) is 0 Å². The lowest BCUT2D eigenvalue weighted by Crippen LogP contribution is -2.37. The highest BCUT2D eigenvalue weighted by molar-refractivity contribution is 5.87. The largest absolute Gasteiger partial charge is 0.477 e. The number of carboxylic acid groups (broad SMARTS) is 1. The first-order valence-corrected chi connectivity index (χ1v) is 7.31. The van der Waals surface area contributed by atoms with Gasteiger partial charge in [-0.3, -0.25) is 0 Å². The standard InChI is InChI=1S/C17H16N2O4/c20-16(21)15-14-7-9-19(10-13(14)6-8-18-15)17(22)23-11-12-4-2-1-3-5-12/h1-6,8H,7,9-11H2,(H,20,21). The van der Waals surface area contributed by atoms with Crippen LogP contribution in [-0.4, -0.2) is 33.6 Å². The molecule has 0 saturated carbocycles. The summed E-state index contributed by atoms with van der Waals surface area (Å²) in [6.45, 7) is 0.984. The summed E-state index contributed by atoms with van der Waals surface area (Å²) >= 11 is 0. The van der Waals surface area contributed by atoms with Crippen LogP contribution in [0, 0.1) is 0 Å². The van der Waals surface area contributed by atoms with Crippen molar-refractivity contribution in [2.24, 2.45) is 0 Å². The van der Waals surface area contributed by atoms with E-state index >= 15 is 0 Å². The number of aromatic carboxylic acids is 1. The lowest BCUT2D eigenvalue weighted by molar-refractivity contribution is 0.0687. The number of rotatable bonds is 3. The number of nitrogens with zero attached hydrogens (tertiary/aromatic N) is 2. The Morgan fingerprint density at radius 2 is 2.00 bits per heavy atom. The smallest absolute Gasteiger partial charge is 0.410 e. The lowest BCUT2D eigenvalue weighted by atomic mass is 9.99. The van der Waals surface area contributed by atoms with Gasteiger partial charge in [-0.2, -0.15) is 0 Å². The number of carbonyl (C=O) groups excluding carboxylic acids is 1. The number of pyridine rings is 1. The molecule has 0 spiro atoms. The van der Waals surface area contributed by atoms with Crippen molar-refractivity contribution in [2.75, 3.05) is 6.54 Å². The van der Waals surface area contributed by atoms with E-state index in [0.717, 1.165) is 11.1 Å². The van der Waals surface area contributed by atoms with Crippen LogP contribution in [0.15, 0.2) is 42.6 Å². The molecule has 1 aromatic heterocycles. The maximum absolute atomic E-state index is 12.2. The van der Waals surface area contributed by atoms with Crippen LogP contribution in [0.4, 0.5) is 4.79 Å². The molecular formula is C17H16N2O4. The van der Waals surface area contributed by atoms with Gasteiger partial charge in [-0.1, -0.05) is 30.3 Å². The Bertz CT molecular complexity index is 731. The molecule has 1 aromatic carbocycles. The number of fused-ring (bicyclic) bond motifs is 1. The fourth-order valence-electron chi connectivity index (χ4n) is 2.64. The molecule has 1 aliphatic heterocycles. The summed E-state index contributed by atoms with van der Waals surface area (Å²) in [6, 6.07) is 11.2. The molecule has 0 saturated heterocycles. The van der Waals surface area contributed by atoms with Crippen molar-refractivity contribution >= 4 is 12.1 Å². The Morgan fingerprint density at radius 1 is 1.22 bits per heavy atom. The molecule has 23 heavy (non-hydrogen) atoms. The fraction of sp³-hybridized carbons (Fsp3) is 0.235. The first kappa shape index (κ1) is 15.0. The van der Waals surface area contributed by atoms with Gasteiger partial charge in [-0.05, 0) is 29.2 Å². The zero-order valence-corrected chi connectivity index (χ0v) is 12.4. The summed E-state index contributed by atoms with van der Waals surface area (Å²) in [5, 5.41) is 9.16. The Kier molecular flexibility index (Phi) is 4.23. The summed E-state index contributed by atoms with van der Waals surface area (Å²) in [5.74, 6) is -1.04. The van der Waals surface area contributed by atoms with Crippen molar-refractivity contribution < 1.29 is 19.4 Å². The van der Waals surface area contributed by atoms with E-state index in [4.69, 9.17) is 9.84 Å². The first-order chi connectivity index (χ1) is 11.1. The Balaban J connectivity index is 1.66. The van der Waals surface area contributed by atoms with Crippen molar-refractivity contribution in [2.45, 2.75) is 19.6 Å². The number of ether oxygens (including phenoxy) is 1. The van der Waals surface area contributed by atoms with E-state index in [1.54, 1.807) is 11.0 Å². The van der Waals surface area contributed by atoms with Crippen molar-refractivity contribution in [3.63, 3.8) is 0 Å². The number of hydrogen-bond acceptors (Lipinski definition) is 4. The summed E-state index contributed by atoms with van der Waals surface area (Å²) < 4.78 is 5.32. The lowest BCUT2D eigenvalue weighted by Gasteiger charge is -2.28. The number of carboxylic acids is 1. The zero-order valence-electron chi connectivity index (χ0n) is 12.4. The van der Waals surface area contributed by atoms with E-state index in [1.807, 2.05) is 30.3 Å². The second kappa shape index (κ2) is 6.48. The molecule has 3 rings (SSSR count). The van der Waals surface area contributed by atoms with Gasteiger partial charge >= 0.3 is 12.1 Å². The molecule has 1 aliphatic rings. The van der Waals surface area contributed by atoms with E-state index in [1.165, 1.54) is 6.20 Å². The van der Waals surface area contributed by atoms with Gasteiger partial charge in [-0.15, -0.1) is 0 Å². The van der Waals surface area contributed by atoms with Crippen LogP contribution < -0.4 is 0 Å². The number of hydrogen-bond donors (Lipinski definition) is 1. The molecule has 1 N–H and O–H groups in total. The summed E-state index contributed by atoms with van der Waals surface area (Å²) in [5.41, 5.74) is 2.50. The minimum atomic E-state index is -1.04. The van der Waals surface area contributed by atoms with Crippen molar-refractivity contribution in [1.82, 2.24) is 9.88 Å². The van der Waals surface area contributed by atoms with Crippen LogP contribution in [0.5, 0.6) is 0 Å². The van der Waals surface area contributed by atoms with Crippen LogP contribution in [0.25, 0.3) is 0 Å². The second-order valence-electron chi connectivity index (χ2n) is 5.31. The highest BCUT2D eigenvalue weighted by atomic mass is 16.6. The summed E-state index contributed by atoms with van der Waals surface area (Å²) in [6.07, 6.45) is 1.53. The van der Waals surface area contributed by atoms with Gasteiger partial charge in [0.15, 0.2) is 5.69 Å². The van der Waals surface area contributed by atoms with E-state index in [0.29, 0.717) is 25.1 Å². The van der Waals surface area contributed by atoms with Crippen molar-refractivity contribution in [3.8, 4) is 0 Å². The van der Waals surface area contributed by atoms with Crippen molar-refractivity contribution in [1.29, 1.82) is 0 Å². The molecule has 0 unspecified atom stereocenters. The van der Waals surface area contributed by atoms with Crippen molar-refractivity contribution in [3.05, 3.63) is 65.0 Å². The third kappa shape index (κ3) is 3.31. The number of carbonyl (C=O) groups is 2. The predicted molar refractivity (Wildman–Crippen MR) is 81.9 cm³/mol. The van der Waals surface area contributed by atoms with E-state index in [-0.39, 0.29) is 12.3 Å². The van der Waals surface area contributed by atoms with Gasteiger partial charge < -0.3 is 14.7 Å². The number of amides is 1. The molecule has 0 aliphatic carbocycles. The van der Waals surface area contributed by atoms with Crippen LogP contribution in [0.1, 0.15) is 27.2 Å². The van der Waals surface area contributed by atoms with Gasteiger partial charge in [0.25, 0.3) is 0 Å². The summed E-state index contributed by atoms with van der Waals surface area (Å²) in [4.78, 5) is 28.8.